The molecule has 1 aromatic heterocycles. The summed E-state index contributed by atoms with van der Waals surface area (Å²) in [6.45, 7) is 8.12. The molecule has 1 saturated heterocycles. The second kappa shape index (κ2) is 7.91. The van der Waals surface area contributed by atoms with Crippen LogP contribution in [0.3, 0.4) is 0 Å². The van der Waals surface area contributed by atoms with Crippen molar-refractivity contribution < 1.29 is 19.1 Å². The lowest BCUT2D eigenvalue weighted by Gasteiger charge is -2.30. The molecule has 26 heavy (non-hydrogen) atoms. The number of carbonyl (C=O) groups excluding carboxylic acids is 2. The number of rotatable bonds is 5. The largest absolute Gasteiger partial charge is 0.509 e. The van der Waals surface area contributed by atoms with Crippen molar-refractivity contribution in [2.24, 2.45) is 0 Å². The van der Waals surface area contributed by atoms with Crippen LogP contribution in [0, 0.1) is 13.8 Å². The first-order valence-corrected chi connectivity index (χ1v) is 9.13. The van der Waals surface area contributed by atoms with Crippen LogP contribution in [0.2, 0.25) is 0 Å². The minimum absolute atomic E-state index is 0.0345. The van der Waals surface area contributed by atoms with Crippen LogP contribution in [0.1, 0.15) is 30.0 Å². The van der Waals surface area contributed by atoms with Gasteiger partial charge < -0.3 is 14.5 Å². The number of ether oxygens (including phenoxy) is 2. The summed E-state index contributed by atoms with van der Waals surface area (Å²) in [5.74, 6) is -0.0345. The quantitative estimate of drug-likeness (QED) is 0.832. The molecule has 0 saturated carbocycles. The monoisotopic (exact) mass is 358 g/mol. The fourth-order valence-electron chi connectivity index (χ4n) is 3.65. The van der Waals surface area contributed by atoms with Gasteiger partial charge in [-0.3, -0.25) is 9.69 Å². The highest BCUT2D eigenvalue weighted by Crippen LogP contribution is 2.24. The van der Waals surface area contributed by atoms with Gasteiger partial charge in [0.05, 0.1) is 6.61 Å². The van der Waals surface area contributed by atoms with E-state index in [4.69, 9.17) is 9.47 Å². The third-order valence-corrected chi connectivity index (χ3v) is 4.86. The molecule has 0 spiro atoms. The maximum absolute atomic E-state index is 12.0. The third kappa shape index (κ3) is 4.07. The van der Waals surface area contributed by atoms with Gasteiger partial charge in [0.2, 0.25) is 0 Å². The number of nitrogens with zero attached hydrogens (tertiary/aromatic N) is 1. The van der Waals surface area contributed by atoms with Crippen molar-refractivity contribution in [3.05, 3.63) is 35.0 Å². The predicted molar refractivity (Wildman–Crippen MR) is 99.4 cm³/mol. The summed E-state index contributed by atoms with van der Waals surface area (Å²) < 4.78 is 9.94. The standard InChI is InChI=1S/C20H26N2O4/c1-4-25-20(24)26-18-12-22(8-6-17(18)23)7-5-15-11-21-16-10-13(2)9-14(3)19(15)16/h9-11,18,21H,4-8,12H2,1-3H3. The summed E-state index contributed by atoms with van der Waals surface area (Å²) in [4.78, 5) is 29.0. The van der Waals surface area contributed by atoms with Crippen LogP contribution in [-0.4, -0.2) is 54.2 Å². The lowest BCUT2D eigenvalue weighted by molar-refractivity contribution is -0.133. The normalized spacial score (nSPS) is 18.3. The van der Waals surface area contributed by atoms with Gasteiger partial charge in [0.1, 0.15) is 0 Å². The number of nitrogens with one attached hydrogen (secondary N) is 1. The smallest absolute Gasteiger partial charge is 0.435 e. The van der Waals surface area contributed by atoms with Gasteiger partial charge in [-0.2, -0.15) is 0 Å². The molecule has 1 aromatic carbocycles. The van der Waals surface area contributed by atoms with Crippen LogP contribution in [0.15, 0.2) is 18.3 Å². The summed E-state index contributed by atoms with van der Waals surface area (Å²) in [7, 11) is 0. The molecule has 0 radical (unpaired) electrons. The molecule has 1 atom stereocenters. The minimum Gasteiger partial charge on any atom is -0.435 e. The first-order valence-electron chi connectivity index (χ1n) is 9.13. The van der Waals surface area contributed by atoms with Crippen LogP contribution in [0.25, 0.3) is 10.9 Å². The molecule has 2 aromatic rings. The average molecular weight is 358 g/mol. The number of carbonyl (C=O) groups is 2. The Morgan fingerprint density at radius 1 is 1.35 bits per heavy atom. The zero-order chi connectivity index (χ0) is 18.7. The Kier molecular flexibility index (Phi) is 5.61. The summed E-state index contributed by atoms with van der Waals surface area (Å²) in [6, 6.07) is 4.36. The molecular weight excluding hydrogens is 332 g/mol. The van der Waals surface area contributed by atoms with Crippen molar-refractivity contribution in [2.75, 3.05) is 26.2 Å². The third-order valence-electron chi connectivity index (χ3n) is 4.86. The summed E-state index contributed by atoms with van der Waals surface area (Å²) in [5.41, 5.74) is 4.96. The van der Waals surface area contributed by atoms with Gasteiger partial charge in [0.15, 0.2) is 11.9 Å². The van der Waals surface area contributed by atoms with Crippen LogP contribution in [0.4, 0.5) is 4.79 Å². The molecule has 0 bridgehead atoms. The molecule has 1 aliphatic heterocycles. The first-order chi connectivity index (χ1) is 12.5. The van der Waals surface area contributed by atoms with Crippen molar-refractivity contribution in [3.63, 3.8) is 0 Å². The maximum Gasteiger partial charge on any atom is 0.509 e. The molecular formula is C20H26N2O4. The topological polar surface area (TPSA) is 71.6 Å². The van der Waals surface area contributed by atoms with Crippen molar-refractivity contribution in [3.8, 4) is 0 Å². The molecule has 6 heteroatoms. The van der Waals surface area contributed by atoms with Crippen LogP contribution in [-0.2, 0) is 20.7 Å². The fourth-order valence-corrected chi connectivity index (χ4v) is 3.65. The Morgan fingerprint density at radius 2 is 2.15 bits per heavy atom. The average Bonchev–Trinajstić information content (AvgIpc) is 2.99. The summed E-state index contributed by atoms with van der Waals surface area (Å²) in [5, 5.41) is 1.28. The molecule has 2 heterocycles. The van der Waals surface area contributed by atoms with Gasteiger partial charge in [-0.05, 0) is 49.9 Å². The van der Waals surface area contributed by atoms with Crippen molar-refractivity contribution in [1.82, 2.24) is 9.88 Å². The molecule has 1 fully saturated rings. The summed E-state index contributed by atoms with van der Waals surface area (Å²) in [6.07, 6.45) is 1.85. The number of likely N-dealkylation sites (tertiary alicyclic amines) is 1. The highest BCUT2D eigenvalue weighted by atomic mass is 16.7. The molecule has 1 aliphatic rings. The van der Waals surface area contributed by atoms with Gasteiger partial charge in [0, 0.05) is 43.2 Å². The lowest BCUT2D eigenvalue weighted by atomic mass is 10.0. The number of hydrogen-bond acceptors (Lipinski definition) is 5. The lowest BCUT2D eigenvalue weighted by Crippen LogP contribution is -2.47. The zero-order valence-electron chi connectivity index (χ0n) is 15.6. The van der Waals surface area contributed by atoms with E-state index in [-0.39, 0.29) is 12.4 Å². The highest BCUT2D eigenvalue weighted by molar-refractivity contribution is 5.87. The molecule has 6 nitrogen and oxygen atoms in total. The second-order valence-corrected chi connectivity index (χ2v) is 6.87. The Bertz CT molecular complexity index is 811. The number of ketones is 1. The summed E-state index contributed by atoms with van der Waals surface area (Å²) >= 11 is 0. The fraction of sp³-hybridized carbons (Fsp3) is 0.500. The van der Waals surface area contributed by atoms with Gasteiger partial charge >= 0.3 is 6.16 Å². The molecule has 1 N–H and O–H groups in total. The number of aryl methyl sites for hydroxylation is 2. The molecule has 1 unspecified atom stereocenters. The van der Waals surface area contributed by atoms with E-state index in [1.165, 1.54) is 22.1 Å². The van der Waals surface area contributed by atoms with E-state index in [0.717, 1.165) is 18.5 Å². The van der Waals surface area contributed by atoms with E-state index in [1.54, 1.807) is 6.92 Å². The molecule has 3 rings (SSSR count). The zero-order valence-corrected chi connectivity index (χ0v) is 15.6. The van der Waals surface area contributed by atoms with Crippen molar-refractivity contribution in [2.45, 2.75) is 39.7 Å². The van der Waals surface area contributed by atoms with Gasteiger partial charge in [-0.25, -0.2) is 4.79 Å². The van der Waals surface area contributed by atoms with Gasteiger partial charge in [-0.15, -0.1) is 0 Å². The number of fused-ring (bicyclic) bond motifs is 1. The van der Waals surface area contributed by atoms with E-state index in [0.29, 0.717) is 19.5 Å². The molecule has 0 amide bonds. The number of Topliss-reactive ketones (excluding diaryl/α,β-unsaturated/α-hetero) is 1. The first kappa shape index (κ1) is 18.5. The predicted octanol–water partition coefficient (Wildman–Crippen LogP) is 3.14. The Labute approximate surface area is 153 Å². The minimum atomic E-state index is -0.768. The maximum atomic E-state index is 12.0. The van der Waals surface area contributed by atoms with E-state index in [9.17, 15) is 9.59 Å². The number of benzene rings is 1. The number of H-pyrrole nitrogens is 1. The van der Waals surface area contributed by atoms with E-state index < -0.39 is 12.3 Å². The van der Waals surface area contributed by atoms with Crippen LogP contribution >= 0.6 is 0 Å². The van der Waals surface area contributed by atoms with E-state index in [1.807, 2.05) is 0 Å². The number of aromatic amines is 1. The molecule has 140 valence electrons. The number of aromatic nitrogens is 1. The van der Waals surface area contributed by atoms with E-state index >= 15 is 0 Å². The van der Waals surface area contributed by atoms with Crippen molar-refractivity contribution in [1.29, 1.82) is 0 Å². The Hall–Kier alpha value is -2.34. The molecule has 0 aliphatic carbocycles. The van der Waals surface area contributed by atoms with Gasteiger partial charge in [0.25, 0.3) is 0 Å². The number of hydrogen-bond donors (Lipinski definition) is 1. The van der Waals surface area contributed by atoms with E-state index in [2.05, 4.69) is 42.1 Å². The second-order valence-electron chi connectivity index (χ2n) is 6.87. The Morgan fingerprint density at radius 3 is 2.92 bits per heavy atom. The van der Waals surface area contributed by atoms with Crippen molar-refractivity contribution >= 4 is 22.8 Å². The van der Waals surface area contributed by atoms with Crippen LogP contribution in [0.5, 0.6) is 0 Å². The van der Waals surface area contributed by atoms with Crippen LogP contribution < -0.4 is 0 Å². The number of piperidine rings is 1. The highest BCUT2D eigenvalue weighted by Gasteiger charge is 2.30. The Balaban J connectivity index is 1.63. The van der Waals surface area contributed by atoms with Gasteiger partial charge in [-0.1, -0.05) is 6.07 Å². The SMILES string of the molecule is CCOC(=O)OC1CN(CCc2c[nH]c3cc(C)cc(C)c23)CCC1=O.